The Balaban J connectivity index is 1.48. The lowest BCUT2D eigenvalue weighted by Crippen LogP contribution is -2.72. The summed E-state index contributed by atoms with van der Waals surface area (Å²) in [6.07, 6.45) is -1.28. The average Bonchev–Trinajstić information content (AvgIpc) is 3.47. The number of aliphatic hydroxyl groups is 1. The second-order valence-electron chi connectivity index (χ2n) is 12.7. The van der Waals surface area contributed by atoms with E-state index in [2.05, 4.69) is 6.92 Å². The van der Waals surface area contributed by atoms with Crippen LogP contribution in [0.25, 0.3) is 0 Å². The maximum Gasteiger partial charge on any atom is 0.340 e. The number of hydrogen-bond donors (Lipinski definition) is 1. The number of cyclic esters (lactones) is 2. The molecule has 2 saturated carbocycles. The van der Waals surface area contributed by atoms with Crippen LogP contribution in [0, 0.1) is 28.1 Å². The van der Waals surface area contributed by atoms with Crippen molar-refractivity contribution in [3.63, 3.8) is 0 Å². The maximum atomic E-state index is 14.3. The lowest BCUT2D eigenvalue weighted by molar-refractivity contribution is -0.205. The van der Waals surface area contributed by atoms with E-state index in [-0.39, 0.29) is 42.0 Å². The summed E-state index contributed by atoms with van der Waals surface area (Å²) in [5, 5.41) is 9.91. The van der Waals surface area contributed by atoms with Gasteiger partial charge in [-0.15, -0.1) is 0 Å². The van der Waals surface area contributed by atoms with Crippen LogP contribution in [-0.4, -0.2) is 71.7 Å². The van der Waals surface area contributed by atoms with Crippen molar-refractivity contribution in [1.82, 2.24) is 0 Å². The van der Waals surface area contributed by atoms with E-state index < -0.39 is 64.0 Å². The van der Waals surface area contributed by atoms with E-state index in [9.17, 15) is 24.3 Å². The molecular weight excluding hydrogens is 484 g/mol. The van der Waals surface area contributed by atoms with E-state index in [0.717, 1.165) is 0 Å². The van der Waals surface area contributed by atoms with Crippen LogP contribution >= 0.6 is 0 Å². The van der Waals surface area contributed by atoms with E-state index in [1.165, 1.54) is 13.2 Å². The van der Waals surface area contributed by atoms with Gasteiger partial charge in [-0.25, -0.2) is 9.59 Å². The fraction of sp³-hybridized carbons (Fsp3) is 0.778. The van der Waals surface area contributed by atoms with Gasteiger partial charge < -0.3 is 28.8 Å². The summed E-state index contributed by atoms with van der Waals surface area (Å²) in [6.45, 7) is 9.79. The van der Waals surface area contributed by atoms with Gasteiger partial charge in [-0.2, -0.15) is 0 Å². The number of carbonyl (C=O) groups is 4. The first kappa shape index (κ1) is 25.0. The molecule has 6 rings (SSSR count). The standard InChI is InChI=1S/C27H34O10/c1-23(2)14-10-15(28)26(5)13(25(14,4)16(36-23)11-17(29)33-6)7-8-24(3)19(12-9-18(30)34-21(12)31)35-22(32)20-27(24,26)37-20/h9,13-14,16,18-20,30H,7-8,10-11H2,1-6H3/t13-,14+,16-,18+,19+,20-,24+,25-,26+,27-/m1/s1. The van der Waals surface area contributed by atoms with Crippen molar-refractivity contribution in [1.29, 1.82) is 0 Å². The van der Waals surface area contributed by atoms with Gasteiger partial charge in [0.15, 0.2) is 6.10 Å². The minimum Gasteiger partial charge on any atom is -0.469 e. The Hall–Kier alpha value is -2.30. The monoisotopic (exact) mass is 518 g/mol. The molecular formula is C27H34O10. The molecule has 0 unspecified atom stereocenters. The zero-order chi connectivity index (χ0) is 26.9. The van der Waals surface area contributed by atoms with Crippen molar-refractivity contribution in [3.8, 4) is 0 Å². The van der Waals surface area contributed by atoms with Gasteiger partial charge >= 0.3 is 17.9 Å². The Morgan fingerprint density at radius 2 is 1.76 bits per heavy atom. The van der Waals surface area contributed by atoms with Crippen molar-refractivity contribution >= 4 is 23.7 Å². The molecule has 1 N–H and O–H groups in total. The van der Waals surface area contributed by atoms with Gasteiger partial charge in [-0.05, 0) is 45.6 Å². The summed E-state index contributed by atoms with van der Waals surface area (Å²) in [7, 11) is 1.35. The highest BCUT2D eigenvalue weighted by Crippen LogP contribution is 2.78. The Bertz CT molecular complexity index is 1160. The molecule has 0 aromatic rings. The normalized spacial score (nSPS) is 51.1. The topological polar surface area (TPSA) is 138 Å². The average molecular weight is 519 g/mol. The van der Waals surface area contributed by atoms with Crippen molar-refractivity contribution < 1.29 is 48.0 Å². The molecule has 2 aliphatic carbocycles. The fourth-order valence-electron chi connectivity index (χ4n) is 9.34. The summed E-state index contributed by atoms with van der Waals surface area (Å²) in [5.74, 6) is -2.19. The van der Waals surface area contributed by atoms with Gasteiger partial charge in [0.25, 0.3) is 0 Å². The molecule has 0 amide bonds. The molecule has 4 aliphatic heterocycles. The summed E-state index contributed by atoms with van der Waals surface area (Å²) < 4.78 is 28.4. The smallest absolute Gasteiger partial charge is 0.340 e. The Morgan fingerprint density at radius 1 is 1.05 bits per heavy atom. The van der Waals surface area contributed by atoms with Crippen LogP contribution in [0.4, 0.5) is 0 Å². The summed E-state index contributed by atoms with van der Waals surface area (Å²) in [4.78, 5) is 52.4. The Morgan fingerprint density at radius 3 is 2.38 bits per heavy atom. The second-order valence-corrected chi connectivity index (χ2v) is 12.7. The van der Waals surface area contributed by atoms with Crippen LogP contribution in [-0.2, 0) is 42.9 Å². The molecule has 5 fully saturated rings. The number of ketones is 1. The molecule has 4 heterocycles. The first-order valence-electron chi connectivity index (χ1n) is 13.0. The molecule has 0 aromatic carbocycles. The summed E-state index contributed by atoms with van der Waals surface area (Å²) in [6, 6.07) is 0. The first-order valence-corrected chi connectivity index (χ1v) is 13.0. The Labute approximate surface area is 215 Å². The number of esters is 3. The Kier molecular flexibility index (Phi) is 4.87. The lowest BCUT2D eigenvalue weighted by atomic mass is 9.37. The largest absolute Gasteiger partial charge is 0.469 e. The number of carbonyl (C=O) groups excluding carboxylic acids is 4. The number of epoxide rings is 1. The molecule has 10 nitrogen and oxygen atoms in total. The number of methoxy groups -OCH3 is 1. The minimum absolute atomic E-state index is 0.0137. The first-order chi connectivity index (χ1) is 17.2. The lowest BCUT2D eigenvalue weighted by Gasteiger charge is -2.64. The van der Waals surface area contributed by atoms with Gasteiger partial charge in [0.05, 0.1) is 36.2 Å². The summed E-state index contributed by atoms with van der Waals surface area (Å²) >= 11 is 0. The third-order valence-corrected chi connectivity index (χ3v) is 11.0. The van der Waals surface area contributed by atoms with Crippen molar-refractivity contribution in [3.05, 3.63) is 11.6 Å². The van der Waals surface area contributed by atoms with Crippen molar-refractivity contribution in [2.24, 2.45) is 28.1 Å². The zero-order valence-electron chi connectivity index (χ0n) is 22.0. The molecule has 202 valence electrons. The molecule has 0 aromatic heterocycles. The highest BCUT2D eigenvalue weighted by molar-refractivity contribution is 5.96. The predicted octanol–water partition coefficient (Wildman–Crippen LogP) is 1.61. The van der Waals surface area contributed by atoms with Crippen molar-refractivity contribution in [2.45, 2.75) is 96.1 Å². The predicted molar refractivity (Wildman–Crippen MR) is 123 cm³/mol. The quantitative estimate of drug-likeness (QED) is 0.333. The molecule has 0 radical (unpaired) electrons. The molecule has 3 saturated heterocycles. The molecule has 10 heteroatoms. The number of fused-ring (bicyclic) bond motifs is 3. The highest BCUT2D eigenvalue weighted by atomic mass is 16.7. The number of rotatable bonds is 3. The van der Waals surface area contributed by atoms with E-state index >= 15 is 0 Å². The van der Waals surface area contributed by atoms with Crippen LogP contribution in [0.5, 0.6) is 0 Å². The molecule has 0 bridgehead atoms. The zero-order valence-corrected chi connectivity index (χ0v) is 22.0. The van der Waals surface area contributed by atoms with Crippen LogP contribution in [0.2, 0.25) is 0 Å². The second kappa shape index (κ2) is 7.21. The van der Waals surface area contributed by atoms with Gasteiger partial charge in [0, 0.05) is 23.2 Å². The molecule has 37 heavy (non-hydrogen) atoms. The van der Waals surface area contributed by atoms with Gasteiger partial charge in [-0.3, -0.25) is 9.59 Å². The van der Waals surface area contributed by atoms with Crippen molar-refractivity contribution in [2.75, 3.05) is 7.11 Å². The van der Waals surface area contributed by atoms with E-state index in [1.807, 2.05) is 27.7 Å². The molecule has 6 aliphatic rings. The van der Waals surface area contributed by atoms with Crippen LogP contribution in [0.1, 0.15) is 60.3 Å². The van der Waals surface area contributed by atoms with Gasteiger partial charge in [0.1, 0.15) is 17.5 Å². The highest BCUT2D eigenvalue weighted by Gasteiger charge is 2.89. The third-order valence-electron chi connectivity index (χ3n) is 11.0. The number of aliphatic hydroxyl groups excluding tert-OH is 1. The minimum atomic E-state index is -1.42. The number of ether oxygens (including phenoxy) is 5. The number of hydrogen-bond acceptors (Lipinski definition) is 10. The van der Waals surface area contributed by atoms with E-state index in [0.29, 0.717) is 12.8 Å². The summed E-state index contributed by atoms with van der Waals surface area (Å²) in [5.41, 5.74) is -4.38. The fourth-order valence-corrected chi connectivity index (χ4v) is 9.34. The van der Waals surface area contributed by atoms with E-state index in [4.69, 9.17) is 23.7 Å². The van der Waals surface area contributed by atoms with Crippen LogP contribution in [0.15, 0.2) is 11.6 Å². The van der Waals surface area contributed by atoms with E-state index in [1.54, 1.807) is 0 Å². The maximum absolute atomic E-state index is 14.3. The molecule has 10 atom stereocenters. The number of Topliss-reactive ketones (excluding diaryl/α,β-unsaturated/α-hetero) is 1. The van der Waals surface area contributed by atoms with Gasteiger partial charge in [-0.1, -0.05) is 13.8 Å². The third kappa shape index (κ3) is 2.71. The van der Waals surface area contributed by atoms with Crippen LogP contribution < -0.4 is 0 Å². The van der Waals surface area contributed by atoms with Crippen LogP contribution in [0.3, 0.4) is 0 Å². The van der Waals surface area contributed by atoms with Gasteiger partial charge in [0.2, 0.25) is 6.29 Å². The SMILES string of the molecule is COC(=O)C[C@H]1OC(C)(C)[C@@H]2CC(=O)[C@]3(C)[C@H](CC[C@@]4(C)[C@H](C5=C[C@@H](O)OC5=O)OC(=O)[C@H]5O[C@]543)[C@@]12C. The molecule has 1 spiro atoms.